The van der Waals surface area contributed by atoms with Gasteiger partial charge in [-0.05, 0) is 6.92 Å². The van der Waals surface area contributed by atoms with Crippen molar-refractivity contribution in [3.8, 4) is 0 Å². The Morgan fingerprint density at radius 3 is 2.61 bits per heavy atom. The minimum absolute atomic E-state index is 0. The van der Waals surface area contributed by atoms with Gasteiger partial charge in [0.15, 0.2) is 0 Å². The molecule has 0 aromatic heterocycles. The molecule has 18 heavy (non-hydrogen) atoms. The van der Waals surface area contributed by atoms with Crippen molar-refractivity contribution in [3.05, 3.63) is 11.8 Å². The monoisotopic (exact) mass is 282 g/mol. The van der Waals surface area contributed by atoms with E-state index in [4.69, 9.17) is 9.84 Å². The van der Waals surface area contributed by atoms with Gasteiger partial charge in [-0.25, -0.2) is 4.79 Å². The second-order valence-corrected chi connectivity index (χ2v) is 3.82. The first kappa shape index (κ1) is 17.4. The molecule has 0 bridgehead atoms. The summed E-state index contributed by atoms with van der Waals surface area (Å²) in [7, 11) is 1.19. The van der Waals surface area contributed by atoms with Gasteiger partial charge >= 0.3 is 49.7 Å². The molecule has 0 aliphatic carbocycles. The number of aliphatic carboxylic acids is 1. The Morgan fingerprint density at radius 1 is 1.56 bits per heavy atom. The zero-order valence-corrected chi connectivity index (χ0v) is 12.5. The Labute approximate surface area is 134 Å². The molecule has 3 unspecified atom stereocenters. The third kappa shape index (κ3) is 3.96. The summed E-state index contributed by atoms with van der Waals surface area (Å²) in [5.41, 5.74) is 0.0881. The van der Waals surface area contributed by atoms with Crippen molar-refractivity contribution in [2.24, 2.45) is 11.8 Å². The molecule has 0 saturated carbocycles. The maximum absolute atomic E-state index is 11.4. The molecule has 0 fully saturated rings. The normalized spacial score (nSPS) is 26.1. The van der Waals surface area contributed by atoms with Crippen molar-refractivity contribution in [1.29, 1.82) is 0 Å². The molecule has 0 amide bonds. The van der Waals surface area contributed by atoms with Gasteiger partial charge in [-0.1, -0.05) is 0 Å². The van der Waals surface area contributed by atoms with Crippen LogP contribution >= 0.6 is 0 Å². The van der Waals surface area contributed by atoms with Crippen LogP contribution in [-0.2, 0) is 23.9 Å². The maximum Gasteiger partial charge on any atom is 2.00 e. The number of aldehydes is 1. The van der Waals surface area contributed by atoms with Crippen LogP contribution in [0.5, 0.6) is 0 Å². The first-order chi connectivity index (χ1) is 8.01. The summed E-state index contributed by atoms with van der Waals surface area (Å²) in [5, 5.41) is 8.80. The molecule has 0 radical (unpaired) electrons. The molecule has 0 aromatic carbocycles. The molecule has 0 aromatic rings. The average Bonchev–Trinajstić information content (AvgIpc) is 2.28. The summed E-state index contributed by atoms with van der Waals surface area (Å²) in [4.78, 5) is 33.2. The average molecular weight is 282 g/mol. The molecule has 1 rings (SSSR count). The SMILES string of the molecule is COC(=O)C1=COC(C)C(C=O)C1CC(=O)O.[Ca+2]. The standard InChI is InChI=1S/C11H14O6.Ca/c1-6-8(4-12)7(3-10(13)14)9(5-17-6)11(15)16-2;/h4-8H,3H2,1-2H3,(H,13,14);/q;+2. The first-order valence-electron chi connectivity index (χ1n) is 5.12. The van der Waals surface area contributed by atoms with E-state index in [2.05, 4.69) is 4.74 Å². The molecule has 1 aliphatic heterocycles. The summed E-state index contributed by atoms with van der Waals surface area (Å²) < 4.78 is 9.68. The Balaban J connectivity index is 0.00000289. The number of carboxylic acid groups (broad SMARTS) is 1. The number of carbonyl (C=O) groups excluding carboxylic acids is 2. The van der Waals surface area contributed by atoms with Crippen LogP contribution in [0.1, 0.15) is 13.3 Å². The smallest absolute Gasteiger partial charge is 0.497 e. The van der Waals surface area contributed by atoms with Crippen molar-refractivity contribution >= 4 is 56.0 Å². The Bertz CT molecular complexity index is 365. The Morgan fingerprint density at radius 2 is 2.17 bits per heavy atom. The van der Waals surface area contributed by atoms with Gasteiger partial charge in [-0.3, -0.25) is 4.79 Å². The van der Waals surface area contributed by atoms with Crippen molar-refractivity contribution in [3.63, 3.8) is 0 Å². The number of ether oxygens (including phenoxy) is 2. The Kier molecular flexibility index (Phi) is 7.50. The van der Waals surface area contributed by atoms with E-state index in [0.29, 0.717) is 6.29 Å². The fourth-order valence-electron chi connectivity index (χ4n) is 1.85. The van der Waals surface area contributed by atoms with Gasteiger partial charge in [0.25, 0.3) is 0 Å². The van der Waals surface area contributed by atoms with Crippen LogP contribution in [0.25, 0.3) is 0 Å². The molecule has 1 heterocycles. The summed E-state index contributed by atoms with van der Waals surface area (Å²) in [6.07, 6.45) is 1.04. The third-order valence-electron chi connectivity index (χ3n) is 2.79. The molecule has 94 valence electrons. The minimum Gasteiger partial charge on any atom is -0.497 e. The third-order valence-corrected chi connectivity index (χ3v) is 2.79. The molecular weight excluding hydrogens is 268 g/mol. The zero-order chi connectivity index (χ0) is 13.0. The van der Waals surface area contributed by atoms with Gasteiger partial charge < -0.3 is 19.4 Å². The van der Waals surface area contributed by atoms with E-state index in [9.17, 15) is 14.4 Å². The number of carbonyl (C=O) groups is 3. The van der Waals surface area contributed by atoms with Gasteiger partial charge in [0, 0.05) is 5.92 Å². The predicted octanol–water partition coefficient (Wildman–Crippen LogP) is -0.0128. The van der Waals surface area contributed by atoms with E-state index in [1.807, 2.05) is 0 Å². The van der Waals surface area contributed by atoms with E-state index >= 15 is 0 Å². The number of rotatable bonds is 4. The molecule has 3 atom stereocenters. The summed E-state index contributed by atoms with van der Waals surface area (Å²) in [6.45, 7) is 1.65. The fourth-order valence-corrected chi connectivity index (χ4v) is 1.85. The Hall–Kier alpha value is -0.590. The summed E-state index contributed by atoms with van der Waals surface area (Å²) >= 11 is 0. The fraction of sp³-hybridized carbons (Fsp3) is 0.545. The van der Waals surface area contributed by atoms with Crippen molar-refractivity contribution < 1.29 is 29.0 Å². The van der Waals surface area contributed by atoms with Gasteiger partial charge in [0.1, 0.15) is 12.4 Å². The molecule has 7 heteroatoms. The zero-order valence-electron chi connectivity index (χ0n) is 10.3. The molecule has 0 saturated heterocycles. The topological polar surface area (TPSA) is 89.9 Å². The minimum atomic E-state index is -1.08. The van der Waals surface area contributed by atoms with Gasteiger partial charge in [0.2, 0.25) is 0 Å². The van der Waals surface area contributed by atoms with Crippen LogP contribution in [0.3, 0.4) is 0 Å². The van der Waals surface area contributed by atoms with E-state index in [1.165, 1.54) is 13.4 Å². The second-order valence-electron chi connectivity index (χ2n) is 3.82. The molecule has 0 spiro atoms. The van der Waals surface area contributed by atoms with Crippen LogP contribution in [0, 0.1) is 11.8 Å². The second kappa shape index (κ2) is 7.76. The maximum atomic E-state index is 11.4. The van der Waals surface area contributed by atoms with E-state index in [-0.39, 0.29) is 49.7 Å². The van der Waals surface area contributed by atoms with Crippen molar-refractivity contribution in [1.82, 2.24) is 0 Å². The van der Waals surface area contributed by atoms with Crippen LogP contribution in [0.15, 0.2) is 11.8 Å². The summed E-state index contributed by atoms with van der Waals surface area (Å²) in [6, 6.07) is 0. The number of hydrogen-bond acceptors (Lipinski definition) is 5. The van der Waals surface area contributed by atoms with Gasteiger partial charge in [-0.15, -0.1) is 0 Å². The molecular formula is C11H14CaO6+2. The number of hydrogen-bond donors (Lipinski definition) is 1. The number of carboxylic acids is 1. The van der Waals surface area contributed by atoms with Crippen molar-refractivity contribution in [2.45, 2.75) is 19.4 Å². The molecule has 1 aliphatic rings. The summed E-state index contributed by atoms with van der Waals surface area (Å²) in [5.74, 6) is -3.12. The molecule has 1 N–H and O–H groups in total. The van der Waals surface area contributed by atoms with Crippen LogP contribution in [-0.4, -0.2) is 74.3 Å². The van der Waals surface area contributed by atoms with Crippen LogP contribution < -0.4 is 0 Å². The van der Waals surface area contributed by atoms with E-state index < -0.39 is 29.9 Å². The van der Waals surface area contributed by atoms with Crippen LogP contribution in [0.2, 0.25) is 0 Å². The van der Waals surface area contributed by atoms with E-state index in [0.717, 1.165) is 0 Å². The molecule has 6 nitrogen and oxygen atoms in total. The van der Waals surface area contributed by atoms with Crippen molar-refractivity contribution in [2.75, 3.05) is 7.11 Å². The number of esters is 1. The number of methoxy groups -OCH3 is 1. The quantitative estimate of drug-likeness (QED) is 0.443. The van der Waals surface area contributed by atoms with Crippen LogP contribution in [0.4, 0.5) is 0 Å². The first-order valence-corrected chi connectivity index (χ1v) is 5.12. The predicted molar refractivity (Wildman–Crippen MR) is 61.7 cm³/mol. The van der Waals surface area contributed by atoms with Gasteiger partial charge in [0.05, 0.1) is 31.3 Å². The largest absolute Gasteiger partial charge is 2.00 e. The van der Waals surface area contributed by atoms with Gasteiger partial charge in [-0.2, -0.15) is 0 Å². The van der Waals surface area contributed by atoms with E-state index in [1.54, 1.807) is 6.92 Å².